The van der Waals surface area contributed by atoms with Crippen molar-refractivity contribution in [1.29, 1.82) is 0 Å². The molecular formula is C12H20N4O3. The van der Waals surface area contributed by atoms with Gasteiger partial charge in [0.05, 0.1) is 12.7 Å². The summed E-state index contributed by atoms with van der Waals surface area (Å²) in [6, 6.07) is 3.58. The number of nitrogens with zero attached hydrogens (tertiary/aromatic N) is 2. The Labute approximate surface area is 112 Å². The van der Waals surface area contributed by atoms with E-state index in [-0.39, 0.29) is 5.84 Å². The van der Waals surface area contributed by atoms with Crippen LogP contribution < -0.4 is 11.1 Å². The molecule has 1 atom stereocenters. The summed E-state index contributed by atoms with van der Waals surface area (Å²) in [5, 5.41) is 24.1. The first-order chi connectivity index (χ1) is 9.17. The maximum atomic E-state index is 9.46. The monoisotopic (exact) mass is 268 g/mol. The van der Waals surface area contributed by atoms with Gasteiger partial charge in [-0.1, -0.05) is 5.16 Å². The number of hydrogen-bond acceptors (Lipinski definition) is 6. The van der Waals surface area contributed by atoms with Crippen LogP contribution in [0.3, 0.4) is 0 Å². The summed E-state index contributed by atoms with van der Waals surface area (Å²) in [5.74, 6) is -0.0163. The maximum Gasteiger partial charge on any atom is 0.188 e. The fourth-order valence-electron chi connectivity index (χ4n) is 1.55. The van der Waals surface area contributed by atoms with E-state index >= 15 is 0 Å². The van der Waals surface area contributed by atoms with Crippen LogP contribution >= 0.6 is 0 Å². The van der Waals surface area contributed by atoms with Gasteiger partial charge in [-0.15, -0.1) is 0 Å². The van der Waals surface area contributed by atoms with Crippen molar-refractivity contribution in [2.75, 3.05) is 20.3 Å². The van der Waals surface area contributed by atoms with E-state index in [9.17, 15) is 5.11 Å². The van der Waals surface area contributed by atoms with Crippen molar-refractivity contribution in [3.05, 3.63) is 29.6 Å². The largest absolute Gasteiger partial charge is 0.409 e. The molecule has 0 bridgehead atoms. The highest BCUT2D eigenvalue weighted by atomic mass is 16.5. The Kier molecular flexibility index (Phi) is 6.80. The number of amidine groups is 1. The van der Waals surface area contributed by atoms with Gasteiger partial charge in [0.15, 0.2) is 5.84 Å². The SMILES string of the molecule is COCC(O)CCNCc1ccnc(/C(N)=N/O)c1. The second-order valence-electron chi connectivity index (χ2n) is 4.11. The van der Waals surface area contributed by atoms with Crippen molar-refractivity contribution in [1.82, 2.24) is 10.3 Å². The van der Waals surface area contributed by atoms with Crippen LogP contribution in [0.25, 0.3) is 0 Å². The van der Waals surface area contributed by atoms with E-state index in [0.717, 1.165) is 5.56 Å². The fourth-order valence-corrected chi connectivity index (χ4v) is 1.55. The van der Waals surface area contributed by atoms with E-state index in [0.29, 0.717) is 31.8 Å². The van der Waals surface area contributed by atoms with Crippen molar-refractivity contribution in [2.45, 2.75) is 19.1 Å². The molecule has 0 fully saturated rings. The number of hydrogen-bond donors (Lipinski definition) is 4. The molecule has 0 aliphatic rings. The van der Waals surface area contributed by atoms with Gasteiger partial charge in [-0.05, 0) is 30.7 Å². The van der Waals surface area contributed by atoms with Gasteiger partial charge in [0.2, 0.25) is 0 Å². The first kappa shape index (κ1) is 15.4. The molecule has 106 valence electrons. The van der Waals surface area contributed by atoms with Gasteiger partial charge in [-0.25, -0.2) is 0 Å². The second-order valence-corrected chi connectivity index (χ2v) is 4.11. The van der Waals surface area contributed by atoms with Crippen LogP contribution in [0.5, 0.6) is 0 Å². The third kappa shape index (κ3) is 5.64. The molecule has 1 aromatic rings. The highest BCUT2D eigenvalue weighted by Crippen LogP contribution is 2.01. The molecule has 19 heavy (non-hydrogen) atoms. The molecule has 0 saturated carbocycles. The van der Waals surface area contributed by atoms with Crippen molar-refractivity contribution in [3.63, 3.8) is 0 Å². The van der Waals surface area contributed by atoms with Crippen LogP contribution in [-0.2, 0) is 11.3 Å². The number of aliphatic hydroxyl groups excluding tert-OH is 1. The number of oxime groups is 1. The molecule has 1 heterocycles. The molecule has 0 radical (unpaired) electrons. The Morgan fingerprint density at radius 1 is 1.63 bits per heavy atom. The van der Waals surface area contributed by atoms with Crippen molar-refractivity contribution < 1.29 is 15.1 Å². The number of pyridine rings is 1. The Hall–Kier alpha value is -1.70. The third-order valence-electron chi connectivity index (χ3n) is 2.54. The lowest BCUT2D eigenvalue weighted by atomic mass is 10.2. The molecule has 1 unspecified atom stereocenters. The van der Waals surface area contributed by atoms with E-state index in [4.69, 9.17) is 15.7 Å². The number of ether oxygens (including phenoxy) is 1. The maximum absolute atomic E-state index is 9.46. The Bertz CT molecular complexity index is 412. The summed E-state index contributed by atoms with van der Waals surface area (Å²) in [6.07, 6.45) is 1.76. The third-order valence-corrected chi connectivity index (χ3v) is 2.54. The van der Waals surface area contributed by atoms with Crippen LogP contribution in [-0.4, -0.2) is 47.5 Å². The molecule has 0 saturated heterocycles. The quantitative estimate of drug-likeness (QED) is 0.169. The molecule has 0 spiro atoms. The van der Waals surface area contributed by atoms with Crippen LogP contribution in [0.1, 0.15) is 17.7 Å². The van der Waals surface area contributed by atoms with Crippen molar-refractivity contribution in [3.8, 4) is 0 Å². The van der Waals surface area contributed by atoms with Gasteiger partial charge in [-0.3, -0.25) is 4.98 Å². The summed E-state index contributed by atoms with van der Waals surface area (Å²) in [7, 11) is 1.56. The summed E-state index contributed by atoms with van der Waals surface area (Å²) in [4.78, 5) is 3.99. The zero-order valence-corrected chi connectivity index (χ0v) is 10.9. The number of nitrogens with one attached hydrogen (secondary N) is 1. The molecule has 1 aromatic heterocycles. The van der Waals surface area contributed by atoms with E-state index in [1.54, 1.807) is 19.4 Å². The van der Waals surface area contributed by atoms with Gasteiger partial charge < -0.3 is 26.1 Å². The van der Waals surface area contributed by atoms with Gasteiger partial charge in [-0.2, -0.15) is 0 Å². The van der Waals surface area contributed by atoms with Gasteiger partial charge in [0, 0.05) is 19.9 Å². The molecule has 0 amide bonds. The Morgan fingerprint density at radius 2 is 2.42 bits per heavy atom. The van der Waals surface area contributed by atoms with Crippen LogP contribution in [0.4, 0.5) is 0 Å². The van der Waals surface area contributed by atoms with Gasteiger partial charge in [0.1, 0.15) is 5.69 Å². The predicted octanol–water partition coefficient (Wildman–Crippen LogP) is -0.337. The molecular weight excluding hydrogens is 248 g/mol. The summed E-state index contributed by atoms with van der Waals surface area (Å²) < 4.78 is 4.84. The number of nitrogens with two attached hydrogens (primary N) is 1. The first-order valence-electron chi connectivity index (χ1n) is 5.98. The summed E-state index contributed by atoms with van der Waals surface area (Å²) in [6.45, 7) is 1.63. The summed E-state index contributed by atoms with van der Waals surface area (Å²) >= 11 is 0. The summed E-state index contributed by atoms with van der Waals surface area (Å²) in [5.41, 5.74) is 6.86. The molecule has 0 aliphatic heterocycles. The predicted molar refractivity (Wildman–Crippen MR) is 71.0 cm³/mol. The van der Waals surface area contributed by atoms with E-state index in [1.807, 2.05) is 6.07 Å². The molecule has 0 aromatic carbocycles. The molecule has 7 heteroatoms. The minimum absolute atomic E-state index is 0.0163. The lowest BCUT2D eigenvalue weighted by Crippen LogP contribution is -2.23. The number of aromatic nitrogens is 1. The number of methoxy groups -OCH3 is 1. The Balaban J connectivity index is 2.37. The van der Waals surface area contributed by atoms with Crippen molar-refractivity contribution in [2.24, 2.45) is 10.9 Å². The second kappa shape index (κ2) is 8.41. The normalized spacial score (nSPS) is 13.5. The van der Waals surface area contributed by atoms with Crippen LogP contribution in [0.15, 0.2) is 23.5 Å². The highest BCUT2D eigenvalue weighted by Gasteiger charge is 2.04. The lowest BCUT2D eigenvalue weighted by molar-refractivity contribution is 0.0594. The lowest BCUT2D eigenvalue weighted by Gasteiger charge is -2.10. The average Bonchev–Trinajstić information content (AvgIpc) is 2.43. The van der Waals surface area contributed by atoms with E-state index < -0.39 is 6.10 Å². The first-order valence-corrected chi connectivity index (χ1v) is 5.98. The topological polar surface area (TPSA) is 113 Å². The van der Waals surface area contributed by atoms with Crippen LogP contribution in [0, 0.1) is 0 Å². The molecule has 7 nitrogen and oxygen atoms in total. The smallest absolute Gasteiger partial charge is 0.188 e. The van der Waals surface area contributed by atoms with E-state index in [2.05, 4.69) is 15.5 Å². The number of rotatable bonds is 8. The highest BCUT2D eigenvalue weighted by molar-refractivity contribution is 5.95. The molecule has 5 N–H and O–H groups in total. The molecule has 1 rings (SSSR count). The zero-order valence-electron chi connectivity index (χ0n) is 10.9. The van der Waals surface area contributed by atoms with Crippen LogP contribution in [0.2, 0.25) is 0 Å². The minimum Gasteiger partial charge on any atom is -0.409 e. The minimum atomic E-state index is -0.456. The zero-order chi connectivity index (χ0) is 14.1. The number of aliphatic hydroxyl groups is 1. The van der Waals surface area contributed by atoms with E-state index in [1.165, 1.54) is 0 Å². The standard InChI is InChI=1S/C12H20N4O3/c1-19-8-10(17)3-4-14-7-9-2-5-15-11(6-9)12(13)16-18/h2,5-6,10,14,17-18H,3-4,7-8H2,1H3,(H2,13,16). The molecule has 0 aliphatic carbocycles. The Morgan fingerprint density at radius 3 is 3.11 bits per heavy atom. The fraction of sp³-hybridized carbons (Fsp3) is 0.500. The van der Waals surface area contributed by atoms with Crippen molar-refractivity contribution >= 4 is 5.84 Å². The average molecular weight is 268 g/mol. The van der Waals surface area contributed by atoms with Gasteiger partial charge >= 0.3 is 0 Å². The van der Waals surface area contributed by atoms with Gasteiger partial charge in [0.25, 0.3) is 0 Å².